The van der Waals surface area contributed by atoms with E-state index in [1.54, 1.807) is 0 Å². The Morgan fingerprint density at radius 1 is 1.48 bits per heavy atom. The minimum Gasteiger partial charge on any atom is -0.395 e. The second-order valence-corrected chi connectivity index (χ2v) is 7.59. The molecule has 25 heavy (non-hydrogen) atoms. The first-order chi connectivity index (χ1) is 12.0. The van der Waals surface area contributed by atoms with Crippen LogP contribution in [0.25, 0.3) is 0 Å². The molecule has 0 bridgehead atoms. The van der Waals surface area contributed by atoms with Gasteiger partial charge in [0.15, 0.2) is 10.1 Å². The summed E-state index contributed by atoms with van der Waals surface area (Å²) in [5.41, 5.74) is 0. The molecule has 10 nitrogen and oxygen atoms in total. The monoisotopic (exact) mass is 383 g/mol. The summed E-state index contributed by atoms with van der Waals surface area (Å²) >= 11 is 2.84. The lowest BCUT2D eigenvalue weighted by Gasteiger charge is -2.37. The lowest BCUT2D eigenvalue weighted by Crippen LogP contribution is -2.54. The SMILES string of the molecule is CCSc1nnc(NC(=O)C2CN(C(=O)c3ccc([N+](=O)[O-])o3)C2)s1. The largest absolute Gasteiger partial charge is 0.433 e. The normalized spacial score (nSPS) is 14.2. The predicted molar refractivity (Wildman–Crippen MR) is 89.7 cm³/mol. The fourth-order valence-corrected chi connectivity index (χ4v) is 3.81. The maximum absolute atomic E-state index is 12.1. The van der Waals surface area contributed by atoms with Crippen LogP contribution in [0.4, 0.5) is 11.0 Å². The highest BCUT2D eigenvalue weighted by Crippen LogP contribution is 2.27. The summed E-state index contributed by atoms with van der Waals surface area (Å²) in [6.07, 6.45) is 0. The molecule has 0 aromatic carbocycles. The van der Waals surface area contributed by atoms with E-state index < -0.39 is 16.7 Å². The Labute approximate surface area is 149 Å². The summed E-state index contributed by atoms with van der Waals surface area (Å²) in [5.74, 6) is -0.813. The van der Waals surface area contributed by atoms with Crippen LogP contribution in [0.1, 0.15) is 17.5 Å². The molecule has 0 radical (unpaired) electrons. The van der Waals surface area contributed by atoms with Crippen molar-refractivity contribution in [1.82, 2.24) is 15.1 Å². The number of nitrogens with zero attached hydrogens (tertiary/aromatic N) is 4. The van der Waals surface area contributed by atoms with Gasteiger partial charge in [-0.05, 0) is 11.8 Å². The standard InChI is InChI=1S/C13H13N5O5S2/c1-2-24-13-16-15-12(25-13)14-10(19)7-5-17(6-7)11(20)8-3-4-9(23-8)18(21)22/h3-4,7H,2,5-6H2,1H3,(H,14,15,19). The fourth-order valence-electron chi connectivity index (χ4n) is 2.16. The third-order valence-corrected chi connectivity index (χ3v) is 5.28. The van der Waals surface area contributed by atoms with Crippen molar-refractivity contribution in [3.63, 3.8) is 0 Å². The molecular weight excluding hydrogens is 370 g/mol. The molecule has 3 heterocycles. The number of nitrogens with one attached hydrogen (secondary N) is 1. The van der Waals surface area contributed by atoms with Crippen molar-refractivity contribution in [2.75, 3.05) is 24.2 Å². The summed E-state index contributed by atoms with van der Waals surface area (Å²) in [6.45, 7) is 2.43. The van der Waals surface area contributed by atoms with Gasteiger partial charge in [0.2, 0.25) is 11.0 Å². The van der Waals surface area contributed by atoms with Gasteiger partial charge < -0.3 is 14.6 Å². The number of furan rings is 1. The topological polar surface area (TPSA) is 131 Å². The van der Waals surface area contributed by atoms with E-state index in [1.807, 2.05) is 6.92 Å². The van der Waals surface area contributed by atoms with Gasteiger partial charge in [-0.3, -0.25) is 19.7 Å². The van der Waals surface area contributed by atoms with Gasteiger partial charge >= 0.3 is 5.88 Å². The second-order valence-electron chi connectivity index (χ2n) is 5.10. The fraction of sp³-hybridized carbons (Fsp3) is 0.385. The summed E-state index contributed by atoms with van der Waals surface area (Å²) in [7, 11) is 0. The minimum absolute atomic E-state index is 0.115. The molecular formula is C13H13N5O5S2. The van der Waals surface area contributed by atoms with E-state index in [0.29, 0.717) is 5.13 Å². The van der Waals surface area contributed by atoms with Crippen LogP contribution in [0.3, 0.4) is 0 Å². The van der Waals surface area contributed by atoms with Crippen LogP contribution < -0.4 is 5.32 Å². The van der Waals surface area contributed by atoms with E-state index in [-0.39, 0.29) is 30.7 Å². The Bertz CT molecular complexity index is 813. The van der Waals surface area contributed by atoms with Gasteiger partial charge in [0.05, 0.1) is 12.0 Å². The van der Waals surface area contributed by atoms with Crippen molar-refractivity contribution in [3.8, 4) is 0 Å². The Morgan fingerprint density at radius 3 is 2.88 bits per heavy atom. The Morgan fingerprint density at radius 2 is 2.24 bits per heavy atom. The molecule has 3 rings (SSSR count). The Balaban J connectivity index is 1.51. The molecule has 132 valence electrons. The van der Waals surface area contributed by atoms with Crippen molar-refractivity contribution in [2.45, 2.75) is 11.3 Å². The summed E-state index contributed by atoms with van der Waals surface area (Å²) in [4.78, 5) is 35.5. The van der Waals surface area contributed by atoms with Gasteiger partial charge in [-0.15, -0.1) is 10.2 Å². The summed E-state index contributed by atoms with van der Waals surface area (Å²) in [5, 5.41) is 21.5. The molecule has 0 spiro atoms. The first-order valence-corrected chi connectivity index (χ1v) is 9.08. The van der Waals surface area contributed by atoms with Crippen LogP contribution in [-0.4, -0.2) is 50.7 Å². The highest BCUT2D eigenvalue weighted by atomic mass is 32.2. The number of hydrogen-bond acceptors (Lipinski definition) is 9. The van der Waals surface area contributed by atoms with Crippen LogP contribution in [0.5, 0.6) is 0 Å². The number of thioether (sulfide) groups is 1. The molecule has 1 fully saturated rings. The van der Waals surface area contributed by atoms with Gasteiger partial charge in [-0.1, -0.05) is 30.0 Å². The molecule has 2 amide bonds. The zero-order chi connectivity index (χ0) is 18.0. The van der Waals surface area contributed by atoms with Gasteiger partial charge in [0.25, 0.3) is 5.91 Å². The third-order valence-electron chi connectivity index (χ3n) is 3.43. The predicted octanol–water partition coefficient (Wildman–Crippen LogP) is 1.86. The van der Waals surface area contributed by atoms with Crippen LogP contribution in [0, 0.1) is 16.0 Å². The Kier molecular flexibility index (Phi) is 4.99. The van der Waals surface area contributed by atoms with Crippen LogP contribution >= 0.6 is 23.1 Å². The highest BCUT2D eigenvalue weighted by molar-refractivity contribution is 8.01. The average Bonchev–Trinajstić information content (AvgIpc) is 3.15. The molecule has 1 saturated heterocycles. The molecule has 0 saturated carbocycles. The zero-order valence-electron chi connectivity index (χ0n) is 13.0. The van der Waals surface area contributed by atoms with E-state index in [2.05, 4.69) is 15.5 Å². The van der Waals surface area contributed by atoms with Crippen molar-refractivity contribution in [2.24, 2.45) is 5.92 Å². The molecule has 12 heteroatoms. The smallest absolute Gasteiger partial charge is 0.395 e. The molecule has 1 aliphatic heterocycles. The Hall–Kier alpha value is -2.47. The maximum Gasteiger partial charge on any atom is 0.433 e. The van der Waals surface area contributed by atoms with E-state index >= 15 is 0 Å². The van der Waals surface area contributed by atoms with Crippen molar-refractivity contribution < 1.29 is 18.9 Å². The quantitative estimate of drug-likeness (QED) is 0.346. The van der Waals surface area contributed by atoms with Crippen LogP contribution in [-0.2, 0) is 4.79 Å². The first-order valence-electron chi connectivity index (χ1n) is 7.28. The highest BCUT2D eigenvalue weighted by Gasteiger charge is 2.37. The lowest BCUT2D eigenvalue weighted by atomic mass is 9.99. The van der Waals surface area contributed by atoms with E-state index in [4.69, 9.17) is 4.42 Å². The minimum atomic E-state index is -0.712. The van der Waals surface area contributed by atoms with Gasteiger partial charge in [-0.25, -0.2) is 0 Å². The number of aromatic nitrogens is 2. The van der Waals surface area contributed by atoms with E-state index in [1.165, 1.54) is 34.1 Å². The number of nitro groups is 1. The number of anilines is 1. The van der Waals surface area contributed by atoms with Crippen molar-refractivity contribution >= 4 is 45.9 Å². The van der Waals surface area contributed by atoms with Crippen molar-refractivity contribution in [3.05, 3.63) is 28.0 Å². The molecule has 0 unspecified atom stereocenters. The van der Waals surface area contributed by atoms with Crippen LogP contribution in [0.2, 0.25) is 0 Å². The summed E-state index contributed by atoms with van der Waals surface area (Å²) < 4.78 is 5.65. The van der Waals surface area contributed by atoms with E-state index in [0.717, 1.165) is 16.2 Å². The number of hydrogen-bond donors (Lipinski definition) is 1. The molecule has 1 aliphatic rings. The lowest BCUT2D eigenvalue weighted by molar-refractivity contribution is -0.402. The number of carbonyl (C=O) groups is 2. The molecule has 2 aromatic rings. The van der Waals surface area contributed by atoms with Gasteiger partial charge in [0, 0.05) is 13.1 Å². The first kappa shape index (κ1) is 17.4. The van der Waals surface area contributed by atoms with E-state index in [9.17, 15) is 19.7 Å². The molecule has 2 aromatic heterocycles. The van der Waals surface area contributed by atoms with Crippen molar-refractivity contribution in [1.29, 1.82) is 0 Å². The summed E-state index contributed by atoms with van der Waals surface area (Å²) in [6, 6.07) is 2.38. The molecule has 0 atom stereocenters. The second kappa shape index (κ2) is 7.19. The molecule has 0 aliphatic carbocycles. The molecule has 1 N–H and O–H groups in total. The third kappa shape index (κ3) is 3.79. The number of rotatable bonds is 6. The number of carbonyl (C=O) groups excluding carboxylic acids is 2. The zero-order valence-corrected chi connectivity index (χ0v) is 14.6. The number of likely N-dealkylation sites (tertiary alicyclic amines) is 1. The van der Waals surface area contributed by atoms with Gasteiger partial charge in [-0.2, -0.15) is 0 Å². The maximum atomic E-state index is 12.1. The van der Waals surface area contributed by atoms with Crippen LogP contribution in [0.15, 0.2) is 20.9 Å². The van der Waals surface area contributed by atoms with Gasteiger partial charge in [0.1, 0.15) is 4.92 Å². The number of amides is 2. The average molecular weight is 383 g/mol.